The summed E-state index contributed by atoms with van der Waals surface area (Å²) in [6.07, 6.45) is 2.99. The molecule has 2 aromatic rings. The molecule has 5 heteroatoms. The van der Waals surface area contributed by atoms with E-state index in [1.54, 1.807) is 0 Å². The molecule has 0 saturated carbocycles. The van der Waals surface area contributed by atoms with Gasteiger partial charge in [-0.25, -0.2) is 0 Å². The standard InChI is InChI=1S/C18H25ClN4/c1-2-22-10-12-23(13-11-22)9-3-7-20-17-6-8-21-18-14-15(19)4-5-16(17)18/h4-6,8,14H,2-3,7,9-13H2,1H3,(H,20,21). The summed E-state index contributed by atoms with van der Waals surface area (Å²) in [6, 6.07) is 7.91. The molecule has 1 aliphatic rings. The number of benzene rings is 1. The fraction of sp³-hybridized carbons (Fsp3) is 0.500. The van der Waals surface area contributed by atoms with Gasteiger partial charge in [0.25, 0.3) is 0 Å². The second-order valence-electron chi connectivity index (χ2n) is 6.08. The predicted octanol–water partition coefficient (Wildman–Crippen LogP) is 3.33. The van der Waals surface area contributed by atoms with Crippen LogP contribution >= 0.6 is 11.6 Å². The SMILES string of the molecule is CCN1CCN(CCCNc2ccnc3cc(Cl)ccc23)CC1. The number of likely N-dealkylation sites (N-methyl/N-ethyl adjacent to an activating group) is 1. The van der Waals surface area contributed by atoms with E-state index in [1.807, 2.05) is 30.5 Å². The number of fused-ring (bicyclic) bond motifs is 1. The van der Waals surface area contributed by atoms with E-state index in [2.05, 4.69) is 27.0 Å². The number of hydrogen-bond acceptors (Lipinski definition) is 4. The largest absolute Gasteiger partial charge is 0.384 e. The third kappa shape index (κ3) is 4.34. The molecule has 0 atom stereocenters. The van der Waals surface area contributed by atoms with E-state index in [0.29, 0.717) is 0 Å². The van der Waals surface area contributed by atoms with Crippen molar-refractivity contribution in [2.45, 2.75) is 13.3 Å². The summed E-state index contributed by atoms with van der Waals surface area (Å²) >= 11 is 6.04. The van der Waals surface area contributed by atoms with Crippen LogP contribution in [0.15, 0.2) is 30.5 Å². The zero-order valence-corrected chi connectivity index (χ0v) is 14.5. The Morgan fingerprint density at radius 3 is 2.70 bits per heavy atom. The van der Waals surface area contributed by atoms with Crippen molar-refractivity contribution in [2.75, 3.05) is 51.1 Å². The van der Waals surface area contributed by atoms with E-state index in [0.717, 1.165) is 34.6 Å². The van der Waals surface area contributed by atoms with Crippen molar-refractivity contribution in [2.24, 2.45) is 0 Å². The Bertz CT molecular complexity index is 638. The smallest absolute Gasteiger partial charge is 0.0737 e. The van der Waals surface area contributed by atoms with Crippen molar-refractivity contribution in [3.05, 3.63) is 35.5 Å². The van der Waals surface area contributed by atoms with Gasteiger partial charge in [0.15, 0.2) is 0 Å². The van der Waals surface area contributed by atoms with Crippen LogP contribution in [-0.4, -0.2) is 60.6 Å². The van der Waals surface area contributed by atoms with Crippen LogP contribution in [0.1, 0.15) is 13.3 Å². The average molecular weight is 333 g/mol. The molecular formula is C18H25ClN4. The lowest BCUT2D eigenvalue weighted by atomic mass is 10.2. The summed E-state index contributed by atoms with van der Waals surface area (Å²) in [5.41, 5.74) is 2.08. The third-order valence-corrected chi connectivity index (χ3v) is 4.82. The van der Waals surface area contributed by atoms with Gasteiger partial charge in [0.1, 0.15) is 0 Å². The van der Waals surface area contributed by atoms with Crippen LogP contribution in [-0.2, 0) is 0 Å². The molecule has 0 bridgehead atoms. The fourth-order valence-electron chi connectivity index (χ4n) is 3.13. The summed E-state index contributed by atoms with van der Waals surface area (Å²) < 4.78 is 0. The van der Waals surface area contributed by atoms with Crippen molar-refractivity contribution in [3.63, 3.8) is 0 Å². The second kappa shape index (κ2) is 7.95. The minimum atomic E-state index is 0.730. The highest BCUT2D eigenvalue weighted by Crippen LogP contribution is 2.24. The van der Waals surface area contributed by atoms with E-state index < -0.39 is 0 Å². The van der Waals surface area contributed by atoms with Crippen molar-refractivity contribution >= 4 is 28.2 Å². The zero-order chi connectivity index (χ0) is 16.1. The quantitative estimate of drug-likeness (QED) is 0.822. The number of halogens is 1. The normalized spacial score (nSPS) is 16.8. The molecule has 1 aromatic heterocycles. The highest BCUT2D eigenvalue weighted by molar-refractivity contribution is 6.31. The van der Waals surface area contributed by atoms with Gasteiger partial charge in [0, 0.05) is 55.0 Å². The molecule has 0 radical (unpaired) electrons. The lowest BCUT2D eigenvalue weighted by molar-refractivity contribution is 0.137. The number of nitrogens with one attached hydrogen (secondary N) is 1. The summed E-state index contributed by atoms with van der Waals surface area (Å²) in [5, 5.41) is 5.41. The van der Waals surface area contributed by atoms with Gasteiger partial charge in [-0.15, -0.1) is 0 Å². The number of piperazine rings is 1. The first-order valence-electron chi connectivity index (χ1n) is 8.49. The first-order chi connectivity index (χ1) is 11.3. The first-order valence-corrected chi connectivity index (χ1v) is 8.87. The molecular weight excluding hydrogens is 308 g/mol. The summed E-state index contributed by atoms with van der Waals surface area (Å²) in [4.78, 5) is 9.47. The number of hydrogen-bond donors (Lipinski definition) is 1. The molecule has 2 heterocycles. The average Bonchev–Trinajstić information content (AvgIpc) is 2.59. The molecule has 0 spiro atoms. The minimum Gasteiger partial charge on any atom is -0.384 e. The molecule has 0 amide bonds. The summed E-state index contributed by atoms with van der Waals surface area (Å²) in [5.74, 6) is 0. The number of anilines is 1. The highest BCUT2D eigenvalue weighted by atomic mass is 35.5. The lowest BCUT2D eigenvalue weighted by Crippen LogP contribution is -2.46. The highest BCUT2D eigenvalue weighted by Gasteiger charge is 2.14. The van der Waals surface area contributed by atoms with Crippen LogP contribution in [0.3, 0.4) is 0 Å². The van der Waals surface area contributed by atoms with Gasteiger partial charge in [-0.3, -0.25) is 4.98 Å². The maximum Gasteiger partial charge on any atom is 0.0737 e. The van der Waals surface area contributed by atoms with Crippen LogP contribution in [0.5, 0.6) is 0 Å². The Morgan fingerprint density at radius 2 is 1.91 bits per heavy atom. The second-order valence-corrected chi connectivity index (χ2v) is 6.51. The van der Waals surface area contributed by atoms with Crippen LogP contribution < -0.4 is 5.32 Å². The summed E-state index contributed by atoms with van der Waals surface area (Å²) in [7, 11) is 0. The maximum absolute atomic E-state index is 6.04. The molecule has 1 aromatic carbocycles. The van der Waals surface area contributed by atoms with Crippen molar-refractivity contribution in [1.82, 2.24) is 14.8 Å². The van der Waals surface area contributed by atoms with Gasteiger partial charge in [-0.2, -0.15) is 0 Å². The van der Waals surface area contributed by atoms with Crippen LogP contribution in [0.25, 0.3) is 10.9 Å². The van der Waals surface area contributed by atoms with E-state index in [9.17, 15) is 0 Å². The van der Waals surface area contributed by atoms with Crippen molar-refractivity contribution < 1.29 is 0 Å². The molecule has 1 N–H and O–H groups in total. The Morgan fingerprint density at radius 1 is 1.13 bits per heavy atom. The van der Waals surface area contributed by atoms with E-state index in [4.69, 9.17) is 11.6 Å². The summed E-state index contributed by atoms with van der Waals surface area (Å²) in [6.45, 7) is 10.4. The van der Waals surface area contributed by atoms with Gasteiger partial charge in [-0.05, 0) is 43.8 Å². The third-order valence-electron chi connectivity index (χ3n) is 4.58. The monoisotopic (exact) mass is 332 g/mol. The Kier molecular flexibility index (Phi) is 5.70. The van der Waals surface area contributed by atoms with Gasteiger partial charge < -0.3 is 15.1 Å². The number of rotatable bonds is 6. The van der Waals surface area contributed by atoms with Crippen molar-refractivity contribution in [1.29, 1.82) is 0 Å². The lowest BCUT2D eigenvalue weighted by Gasteiger charge is -2.34. The zero-order valence-electron chi connectivity index (χ0n) is 13.8. The predicted molar refractivity (Wildman–Crippen MR) is 98.4 cm³/mol. The Balaban J connectivity index is 1.48. The molecule has 23 heavy (non-hydrogen) atoms. The Hall–Kier alpha value is -1.36. The van der Waals surface area contributed by atoms with Gasteiger partial charge in [0.05, 0.1) is 5.52 Å². The molecule has 0 aliphatic carbocycles. The first kappa shape index (κ1) is 16.5. The van der Waals surface area contributed by atoms with E-state index in [1.165, 1.54) is 39.3 Å². The topological polar surface area (TPSA) is 31.4 Å². The molecule has 1 fully saturated rings. The fourth-order valence-corrected chi connectivity index (χ4v) is 3.30. The number of aromatic nitrogens is 1. The molecule has 1 saturated heterocycles. The Labute approximate surface area is 143 Å². The number of nitrogens with zero attached hydrogens (tertiary/aromatic N) is 3. The van der Waals surface area contributed by atoms with Crippen LogP contribution in [0.2, 0.25) is 5.02 Å². The maximum atomic E-state index is 6.04. The van der Waals surface area contributed by atoms with Crippen LogP contribution in [0, 0.1) is 0 Å². The molecule has 0 unspecified atom stereocenters. The molecule has 3 rings (SSSR count). The van der Waals surface area contributed by atoms with Crippen LogP contribution in [0.4, 0.5) is 5.69 Å². The minimum absolute atomic E-state index is 0.730. The molecule has 4 nitrogen and oxygen atoms in total. The van der Waals surface area contributed by atoms with Crippen molar-refractivity contribution in [3.8, 4) is 0 Å². The van der Waals surface area contributed by atoms with Gasteiger partial charge >= 0.3 is 0 Å². The van der Waals surface area contributed by atoms with Gasteiger partial charge in [-0.1, -0.05) is 18.5 Å². The van der Waals surface area contributed by atoms with E-state index in [-0.39, 0.29) is 0 Å². The van der Waals surface area contributed by atoms with Gasteiger partial charge in [0.2, 0.25) is 0 Å². The number of pyridine rings is 1. The molecule has 1 aliphatic heterocycles. The molecule has 124 valence electrons. The van der Waals surface area contributed by atoms with E-state index >= 15 is 0 Å².